The average Bonchev–Trinajstić information content (AvgIpc) is 2.86. The zero-order valence-corrected chi connectivity index (χ0v) is 21.8. The number of hydrogen-bond acceptors (Lipinski definition) is 6. The lowest BCUT2D eigenvalue weighted by Gasteiger charge is -2.29. The van der Waals surface area contributed by atoms with Crippen LogP contribution >= 0.6 is 0 Å². The number of ether oxygens (including phenoxy) is 2. The largest absolute Gasteiger partial charge is 0.507 e. The minimum Gasteiger partial charge on any atom is -0.507 e. The summed E-state index contributed by atoms with van der Waals surface area (Å²) in [4.78, 5) is 28.6. The number of carbonyl (C=O) groups is 2. The Labute approximate surface area is 218 Å². The molecule has 0 radical (unpaired) electrons. The highest BCUT2D eigenvalue weighted by Crippen LogP contribution is 2.30. The number of phenols is 1. The lowest BCUT2D eigenvalue weighted by molar-refractivity contribution is 0.00707. The van der Waals surface area contributed by atoms with E-state index in [0.717, 1.165) is 37.1 Å². The molecule has 0 aromatic heterocycles. The van der Waals surface area contributed by atoms with Crippen molar-refractivity contribution in [3.63, 3.8) is 0 Å². The molecule has 3 aromatic carbocycles. The van der Waals surface area contributed by atoms with Crippen molar-refractivity contribution in [3.8, 4) is 22.6 Å². The zero-order valence-electron chi connectivity index (χ0n) is 21.8. The number of phenolic OH excluding ortho intramolecular Hbond substituents is 1. The maximum absolute atomic E-state index is 13.3. The third-order valence-electron chi connectivity index (χ3n) is 6.17. The second kappa shape index (κ2) is 11.0. The highest BCUT2D eigenvalue weighted by molar-refractivity contribution is 6.10. The Kier molecular flexibility index (Phi) is 7.83. The first-order chi connectivity index (χ1) is 17.6. The molecule has 1 heterocycles. The van der Waals surface area contributed by atoms with E-state index in [2.05, 4.69) is 17.3 Å². The number of esters is 1. The molecule has 1 aliphatic heterocycles. The van der Waals surface area contributed by atoms with Crippen LogP contribution in [0.5, 0.6) is 11.5 Å². The van der Waals surface area contributed by atoms with Gasteiger partial charge in [-0.1, -0.05) is 36.4 Å². The van der Waals surface area contributed by atoms with Crippen LogP contribution in [-0.4, -0.2) is 53.7 Å². The number of benzene rings is 3. The van der Waals surface area contributed by atoms with E-state index in [1.165, 1.54) is 12.1 Å². The van der Waals surface area contributed by atoms with E-state index in [4.69, 9.17) is 9.47 Å². The Morgan fingerprint density at radius 2 is 1.62 bits per heavy atom. The van der Waals surface area contributed by atoms with Crippen molar-refractivity contribution >= 4 is 17.6 Å². The van der Waals surface area contributed by atoms with Crippen molar-refractivity contribution in [2.45, 2.75) is 45.3 Å². The molecule has 1 fully saturated rings. The Hall–Kier alpha value is -3.84. The van der Waals surface area contributed by atoms with Gasteiger partial charge in [-0.3, -0.25) is 4.79 Å². The Morgan fingerprint density at radius 3 is 2.30 bits per heavy atom. The molecule has 0 saturated carbocycles. The zero-order chi connectivity index (χ0) is 26.6. The Morgan fingerprint density at radius 1 is 0.919 bits per heavy atom. The monoisotopic (exact) mass is 502 g/mol. The highest BCUT2D eigenvalue weighted by Gasteiger charge is 2.24. The van der Waals surface area contributed by atoms with Gasteiger partial charge < -0.3 is 24.8 Å². The van der Waals surface area contributed by atoms with Gasteiger partial charge in [-0.25, -0.2) is 4.79 Å². The molecule has 1 aliphatic rings. The third kappa shape index (κ3) is 6.89. The van der Waals surface area contributed by atoms with Gasteiger partial charge in [0.1, 0.15) is 23.2 Å². The normalized spacial score (nSPS) is 14.7. The van der Waals surface area contributed by atoms with Crippen LogP contribution < -0.4 is 10.1 Å². The van der Waals surface area contributed by atoms with E-state index in [-0.39, 0.29) is 23.0 Å². The molecule has 1 amide bonds. The van der Waals surface area contributed by atoms with Crippen LogP contribution in [0.25, 0.3) is 11.1 Å². The summed E-state index contributed by atoms with van der Waals surface area (Å²) in [6.07, 6.45) is 1.84. The van der Waals surface area contributed by atoms with E-state index >= 15 is 0 Å². The number of rotatable bonds is 6. The highest BCUT2D eigenvalue weighted by atomic mass is 16.6. The molecule has 4 rings (SSSR count). The van der Waals surface area contributed by atoms with Gasteiger partial charge in [0.15, 0.2) is 0 Å². The van der Waals surface area contributed by atoms with Crippen LogP contribution in [0.2, 0.25) is 0 Å². The number of nitrogens with zero attached hydrogens (tertiary/aromatic N) is 1. The minimum atomic E-state index is -0.700. The van der Waals surface area contributed by atoms with Crippen molar-refractivity contribution in [2.24, 2.45) is 0 Å². The van der Waals surface area contributed by atoms with Gasteiger partial charge in [0.05, 0.1) is 16.8 Å². The van der Waals surface area contributed by atoms with E-state index in [1.54, 1.807) is 39.0 Å². The van der Waals surface area contributed by atoms with Gasteiger partial charge in [0.2, 0.25) is 0 Å². The molecule has 194 valence electrons. The van der Waals surface area contributed by atoms with E-state index < -0.39 is 17.5 Å². The fourth-order valence-electron chi connectivity index (χ4n) is 4.22. The SMILES string of the molecule is CN1CCC(Oc2ccc(O)c(C(=O)Nc3cc(-c4ccccc4)ccc3C(=O)OC(C)(C)C)c2)CC1. The molecular formula is C30H34N2O5. The van der Waals surface area contributed by atoms with Gasteiger partial charge >= 0.3 is 5.97 Å². The second-order valence-electron chi connectivity index (χ2n) is 10.4. The summed E-state index contributed by atoms with van der Waals surface area (Å²) < 4.78 is 11.7. The number of likely N-dealkylation sites (tertiary alicyclic amines) is 1. The number of aromatic hydroxyl groups is 1. The molecule has 0 unspecified atom stereocenters. The van der Waals surface area contributed by atoms with Crippen LogP contribution in [0, 0.1) is 0 Å². The van der Waals surface area contributed by atoms with Crippen molar-refractivity contribution < 1.29 is 24.2 Å². The van der Waals surface area contributed by atoms with Gasteiger partial charge in [-0.05, 0) is 82.1 Å². The lowest BCUT2D eigenvalue weighted by Crippen LogP contribution is -2.35. The number of anilines is 1. The number of amides is 1. The first-order valence-corrected chi connectivity index (χ1v) is 12.5. The summed E-state index contributed by atoms with van der Waals surface area (Å²) >= 11 is 0. The number of piperidine rings is 1. The predicted molar refractivity (Wildman–Crippen MR) is 144 cm³/mol. The van der Waals surface area contributed by atoms with Crippen molar-refractivity contribution in [1.82, 2.24) is 4.90 Å². The summed E-state index contributed by atoms with van der Waals surface area (Å²) in [5.41, 5.74) is 1.64. The summed E-state index contributed by atoms with van der Waals surface area (Å²) in [7, 11) is 2.08. The topological polar surface area (TPSA) is 88.1 Å². The summed E-state index contributed by atoms with van der Waals surface area (Å²) in [5.74, 6) is -0.763. The molecule has 7 heteroatoms. The van der Waals surface area contributed by atoms with Crippen LogP contribution in [0.15, 0.2) is 66.7 Å². The Bertz CT molecular complexity index is 1260. The van der Waals surface area contributed by atoms with Crippen molar-refractivity contribution in [1.29, 1.82) is 0 Å². The van der Waals surface area contributed by atoms with E-state index in [0.29, 0.717) is 11.4 Å². The molecule has 1 saturated heterocycles. The first kappa shape index (κ1) is 26.2. The Balaban J connectivity index is 1.62. The third-order valence-corrected chi connectivity index (χ3v) is 6.17. The number of hydrogen-bond donors (Lipinski definition) is 2. The first-order valence-electron chi connectivity index (χ1n) is 12.5. The maximum atomic E-state index is 13.3. The molecule has 3 aromatic rings. The summed E-state index contributed by atoms with van der Waals surface area (Å²) in [5, 5.41) is 13.3. The molecule has 0 bridgehead atoms. The number of nitrogens with one attached hydrogen (secondary N) is 1. The molecule has 37 heavy (non-hydrogen) atoms. The fraction of sp³-hybridized carbons (Fsp3) is 0.333. The lowest BCUT2D eigenvalue weighted by atomic mass is 10.0. The molecular weight excluding hydrogens is 468 g/mol. The maximum Gasteiger partial charge on any atom is 0.340 e. The van der Waals surface area contributed by atoms with Gasteiger partial charge in [-0.2, -0.15) is 0 Å². The second-order valence-corrected chi connectivity index (χ2v) is 10.4. The standard InChI is InChI=1S/C30H34N2O5/c1-30(2,3)37-29(35)24-12-10-21(20-8-6-5-7-9-20)18-26(24)31-28(34)25-19-23(11-13-27(25)33)36-22-14-16-32(4)17-15-22/h5-13,18-19,22,33H,14-17H2,1-4H3,(H,31,34). The molecule has 0 atom stereocenters. The van der Waals surface area contributed by atoms with Crippen LogP contribution in [0.4, 0.5) is 5.69 Å². The molecule has 0 aliphatic carbocycles. The van der Waals surface area contributed by atoms with E-state index in [9.17, 15) is 14.7 Å². The molecule has 2 N–H and O–H groups in total. The van der Waals surface area contributed by atoms with Crippen molar-refractivity contribution in [3.05, 3.63) is 77.9 Å². The summed E-state index contributed by atoms with van der Waals surface area (Å²) in [6, 6.07) is 19.5. The summed E-state index contributed by atoms with van der Waals surface area (Å²) in [6.45, 7) is 7.25. The fourth-order valence-corrected chi connectivity index (χ4v) is 4.22. The smallest absolute Gasteiger partial charge is 0.340 e. The quantitative estimate of drug-likeness (QED) is 0.418. The van der Waals surface area contributed by atoms with Gasteiger partial charge in [0, 0.05) is 13.1 Å². The van der Waals surface area contributed by atoms with Crippen LogP contribution in [0.3, 0.4) is 0 Å². The van der Waals surface area contributed by atoms with Gasteiger partial charge in [-0.15, -0.1) is 0 Å². The van der Waals surface area contributed by atoms with E-state index in [1.807, 2.05) is 36.4 Å². The molecule has 0 spiro atoms. The minimum absolute atomic E-state index is 0.0537. The van der Waals surface area contributed by atoms with Crippen LogP contribution in [-0.2, 0) is 4.74 Å². The van der Waals surface area contributed by atoms with Gasteiger partial charge in [0.25, 0.3) is 5.91 Å². The average molecular weight is 503 g/mol. The number of carbonyl (C=O) groups excluding carboxylic acids is 2. The van der Waals surface area contributed by atoms with Crippen LogP contribution in [0.1, 0.15) is 54.3 Å². The van der Waals surface area contributed by atoms with Crippen molar-refractivity contribution in [2.75, 3.05) is 25.5 Å². The molecule has 7 nitrogen and oxygen atoms in total. The predicted octanol–water partition coefficient (Wildman–Crippen LogP) is 5.74.